The van der Waals surface area contributed by atoms with Gasteiger partial charge in [0.1, 0.15) is 11.5 Å². The van der Waals surface area contributed by atoms with Gasteiger partial charge in [-0.2, -0.15) is 0 Å². The van der Waals surface area contributed by atoms with E-state index in [1.807, 2.05) is 24.3 Å². The third kappa shape index (κ3) is 4.86. The minimum absolute atomic E-state index is 0.287. The quantitative estimate of drug-likeness (QED) is 0.437. The van der Waals surface area contributed by atoms with Gasteiger partial charge in [0.15, 0.2) is 0 Å². The van der Waals surface area contributed by atoms with E-state index in [9.17, 15) is 9.59 Å². The van der Waals surface area contributed by atoms with Gasteiger partial charge >= 0.3 is 11.9 Å². The molecule has 3 aromatic carbocycles. The molecule has 0 unspecified atom stereocenters. The molecule has 0 amide bonds. The second-order valence-electron chi connectivity index (χ2n) is 6.35. The molecule has 0 heterocycles. The molecule has 0 aliphatic carbocycles. The number of esters is 2. The van der Waals surface area contributed by atoms with Crippen LogP contribution in [0.1, 0.15) is 45.7 Å². The van der Waals surface area contributed by atoms with Crippen LogP contribution in [0.5, 0.6) is 11.5 Å². The van der Waals surface area contributed by atoms with Crippen molar-refractivity contribution in [2.75, 3.05) is 0 Å². The molecule has 0 bridgehead atoms. The third-order valence-corrected chi connectivity index (χ3v) is 4.42. The van der Waals surface area contributed by atoms with Crippen LogP contribution in [0, 0.1) is 0 Å². The predicted octanol–water partition coefficient (Wildman–Crippen LogP) is 5.25. The van der Waals surface area contributed by atoms with Crippen molar-refractivity contribution in [2.24, 2.45) is 0 Å². The van der Waals surface area contributed by atoms with Crippen molar-refractivity contribution in [3.8, 4) is 11.5 Å². The largest absolute Gasteiger partial charge is 0.423 e. The van der Waals surface area contributed by atoms with Crippen molar-refractivity contribution in [3.63, 3.8) is 0 Å². The highest BCUT2D eigenvalue weighted by molar-refractivity contribution is 5.96. The van der Waals surface area contributed by atoms with E-state index in [1.54, 1.807) is 42.5 Å². The van der Waals surface area contributed by atoms with Gasteiger partial charge in [-0.15, -0.1) is 0 Å². The Labute approximate surface area is 164 Å². The number of hydrogen-bond acceptors (Lipinski definition) is 4. The molecule has 0 aromatic heterocycles. The van der Waals surface area contributed by atoms with Crippen LogP contribution in [0.15, 0.2) is 72.8 Å². The van der Waals surface area contributed by atoms with E-state index >= 15 is 0 Å². The third-order valence-electron chi connectivity index (χ3n) is 4.42. The molecule has 4 nitrogen and oxygen atoms in total. The molecule has 142 valence electrons. The van der Waals surface area contributed by atoms with Gasteiger partial charge in [0.05, 0.1) is 11.1 Å². The standard InChI is InChI=1S/C24H22O4/c1-3-17-8-12-21(13-9-17)27-23(25)19-6-5-7-20(16-19)24(26)28-22-14-10-18(4-2)11-15-22/h5-16H,3-4H2,1-2H3. The first-order valence-electron chi connectivity index (χ1n) is 9.31. The van der Waals surface area contributed by atoms with E-state index in [0.717, 1.165) is 24.0 Å². The van der Waals surface area contributed by atoms with Crippen LogP contribution in [0.25, 0.3) is 0 Å². The van der Waals surface area contributed by atoms with Crippen LogP contribution in [-0.4, -0.2) is 11.9 Å². The van der Waals surface area contributed by atoms with Gasteiger partial charge in [0.25, 0.3) is 0 Å². The molecular weight excluding hydrogens is 352 g/mol. The Bertz CT molecular complexity index is 880. The topological polar surface area (TPSA) is 52.6 Å². The summed E-state index contributed by atoms with van der Waals surface area (Å²) in [4.78, 5) is 24.8. The highest BCUT2D eigenvalue weighted by Gasteiger charge is 2.14. The first-order chi connectivity index (χ1) is 13.6. The molecule has 0 aliphatic heterocycles. The van der Waals surface area contributed by atoms with Crippen molar-refractivity contribution in [3.05, 3.63) is 95.1 Å². The van der Waals surface area contributed by atoms with Gasteiger partial charge in [-0.05, 0) is 66.4 Å². The smallest absolute Gasteiger partial charge is 0.343 e. The Balaban J connectivity index is 1.69. The van der Waals surface area contributed by atoms with Gasteiger partial charge in [0.2, 0.25) is 0 Å². The lowest BCUT2D eigenvalue weighted by atomic mass is 10.1. The fraction of sp³-hybridized carbons (Fsp3) is 0.167. The number of ether oxygens (including phenoxy) is 2. The Morgan fingerprint density at radius 3 is 1.39 bits per heavy atom. The Morgan fingerprint density at radius 1 is 0.643 bits per heavy atom. The molecule has 0 saturated carbocycles. The Kier molecular flexibility index (Phi) is 6.22. The summed E-state index contributed by atoms with van der Waals surface area (Å²) in [6.07, 6.45) is 1.83. The van der Waals surface area contributed by atoms with Crippen molar-refractivity contribution < 1.29 is 19.1 Å². The van der Waals surface area contributed by atoms with Crippen LogP contribution in [-0.2, 0) is 12.8 Å². The van der Waals surface area contributed by atoms with E-state index < -0.39 is 11.9 Å². The molecule has 0 saturated heterocycles. The van der Waals surface area contributed by atoms with Gasteiger partial charge in [-0.3, -0.25) is 0 Å². The van der Waals surface area contributed by atoms with Crippen LogP contribution < -0.4 is 9.47 Å². The van der Waals surface area contributed by atoms with Gasteiger partial charge in [0, 0.05) is 0 Å². The molecule has 3 rings (SSSR count). The second-order valence-corrected chi connectivity index (χ2v) is 6.35. The molecule has 4 heteroatoms. The molecule has 0 fully saturated rings. The van der Waals surface area contributed by atoms with Crippen molar-refractivity contribution in [1.82, 2.24) is 0 Å². The lowest BCUT2D eigenvalue weighted by Gasteiger charge is -2.08. The number of benzene rings is 3. The van der Waals surface area contributed by atoms with E-state index in [1.165, 1.54) is 6.07 Å². The number of carbonyl (C=O) groups excluding carboxylic acids is 2. The summed E-state index contributed by atoms with van der Waals surface area (Å²) in [5.74, 6) is -0.116. The average Bonchev–Trinajstić information content (AvgIpc) is 2.75. The van der Waals surface area contributed by atoms with Gasteiger partial charge in [-0.25, -0.2) is 9.59 Å². The molecule has 0 aliphatic rings. The average molecular weight is 374 g/mol. The van der Waals surface area contributed by atoms with Crippen molar-refractivity contribution in [2.45, 2.75) is 26.7 Å². The van der Waals surface area contributed by atoms with Crippen LogP contribution in [0.2, 0.25) is 0 Å². The number of rotatable bonds is 6. The van der Waals surface area contributed by atoms with E-state index in [4.69, 9.17) is 9.47 Å². The summed E-state index contributed by atoms with van der Waals surface area (Å²) in [6.45, 7) is 4.12. The first-order valence-corrected chi connectivity index (χ1v) is 9.31. The monoisotopic (exact) mass is 374 g/mol. The molecule has 3 aromatic rings. The minimum Gasteiger partial charge on any atom is -0.423 e. The summed E-state index contributed by atoms with van der Waals surface area (Å²) in [5.41, 5.74) is 2.90. The zero-order valence-electron chi connectivity index (χ0n) is 16.0. The van der Waals surface area contributed by atoms with Crippen LogP contribution in [0.3, 0.4) is 0 Å². The van der Waals surface area contributed by atoms with Crippen LogP contribution in [0.4, 0.5) is 0 Å². The molecule has 0 atom stereocenters. The Morgan fingerprint density at radius 2 is 1.04 bits per heavy atom. The molecule has 0 spiro atoms. The normalized spacial score (nSPS) is 10.4. The van der Waals surface area contributed by atoms with Crippen molar-refractivity contribution in [1.29, 1.82) is 0 Å². The van der Waals surface area contributed by atoms with E-state index in [-0.39, 0.29) is 11.1 Å². The minimum atomic E-state index is -0.522. The predicted molar refractivity (Wildman–Crippen MR) is 108 cm³/mol. The number of hydrogen-bond donors (Lipinski definition) is 0. The summed E-state index contributed by atoms with van der Waals surface area (Å²) in [7, 11) is 0. The zero-order chi connectivity index (χ0) is 19.9. The SMILES string of the molecule is CCc1ccc(OC(=O)c2cccc(C(=O)Oc3ccc(CC)cc3)c2)cc1. The second kappa shape index (κ2) is 9.00. The maximum atomic E-state index is 12.4. The van der Waals surface area contributed by atoms with Crippen molar-refractivity contribution >= 4 is 11.9 Å². The van der Waals surface area contributed by atoms with Gasteiger partial charge in [-0.1, -0.05) is 44.2 Å². The lowest BCUT2D eigenvalue weighted by molar-refractivity contribution is 0.0734. The van der Waals surface area contributed by atoms with E-state index in [2.05, 4.69) is 13.8 Å². The highest BCUT2D eigenvalue weighted by atomic mass is 16.5. The maximum absolute atomic E-state index is 12.4. The number of carbonyl (C=O) groups is 2. The fourth-order valence-electron chi connectivity index (χ4n) is 2.69. The summed E-state index contributed by atoms with van der Waals surface area (Å²) >= 11 is 0. The molecular formula is C24H22O4. The molecule has 0 N–H and O–H groups in total. The fourth-order valence-corrected chi connectivity index (χ4v) is 2.69. The molecule has 28 heavy (non-hydrogen) atoms. The highest BCUT2D eigenvalue weighted by Crippen LogP contribution is 2.17. The maximum Gasteiger partial charge on any atom is 0.343 e. The summed E-state index contributed by atoms with van der Waals surface area (Å²) in [5, 5.41) is 0. The van der Waals surface area contributed by atoms with E-state index in [0.29, 0.717) is 11.5 Å². The zero-order valence-corrected chi connectivity index (χ0v) is 16.0. The van der Waals surface area contributed by atoms with Crippen LogP contribution >= 0.6 is 0 Å². The summed E-state index contributed by atoms with van der Waals surface area (Å²) in [6, 6.07) is 21.0. The van der Waals surface area contributed by atoms with Gasteiger partial charge < -0.3 is 9.47 Å². The first kappa shape index (κ1) is 19.4. The lowest BCUT2D eigenvalue weighted by Crippen LogP contribution is -2.12. The summed E-state index contributed by atoms with van der Waals surface area (Å²) < 4.78 is 10.8. The molecule has 0 radical (unpaired) electrons. The Hall–Kier alpha value is -3.40. The number of aryl methyl sites for hydroxylation is 2.